The van der Waals surface area contributed by atoms with E-state index in [1.165, 1.54) is 14.0 Å². The van der Waals surface area contributed by atoms with Crippen LogP contribution in [0.2, 0.25) is 0 Å². The third-order valence-corrected chi connectivity index (χ3v) is 3.34. The molecule has 1 saturated heterocycles. The van der Waals surface area contributed by atoms with E-state index in [0.717, 1.165) is 0 Å². The summed E-state index contributed by atoms with van der Waals surface area (Å²) >= 11 is 0. The molecule has 1 atom stereocenters. The predicted molar refractivity (Wildman–Crippen MR) is 61.9 cm³/mol. The monoisotopic (exact) mass is 243 g/mol. The van der Waals surface area contributed by atoms with E-state index < -0.39 is 5.54 Å². The van der Waals surface area contributed by atoms with Gasteiger partial charge in [-0.2, -0.15) is 0 Å². The first kappa shape index (κ1) is 14.0. The first-order valence-corrected chi connectivity index (χ1v) is 5.69. The Kier molecular flexibility index (Phi) is 3.52. The fourth-order valence-corrected chi connectivity index (χ4v) is 2.64. The predicted octanol–water partition coefficient (Wildman–Crippen LogP) is 1.52. The quantitative estimate of drug-likeness (QED) is 0.688. The molecular formula is C12H21NO4. The maximum Gasteiger partial charge on any atom is 0.322 e. The molecule has 98 valence electrons. The van der Waals surface area contributed by atoms with E-state index in [-0.39, 0.29) is 23.4 Å². The number of rotatable bonds is 2. The zero-order valence-corrected chi connectivity index (χ0v) is 11.4. The van der Waals surface area contributed by atoms with Crippen molar-refractivity contribution in [2.75, 3.05) is 7.11 Å². The molecule has 0 radical (unpaired) electrons. The molecular weight excluding hydrogens is 222 g/mol. The molecule has 1 aliphatic rings. The summed E-state index contributed by atoms with van der Waals surface area (Å²) in [6.45, 7) is 9.01. The highest BCUT2D eigenvalue weighted by Crippen LogP contribution is 2.45. The highest BCUT2D eigenvalue weighted by atomic mass is 16.7. The van der Waals surface area contributed by atoms with Crippen molar-refractivity contribution in [1.82, 2.24) is 5.06 Å². The zero-order valence-electron chi connectivity index (χ0n) is 11.4. The van der Waals surface area contributed by atoms with Gasteiger partial charge in [-0.15, -0.1) is 5.06 Å². The van der Waals surface area contributed by atoms with Crippen molar-refractivity contribution in [3.8, 4) is 0 Å². The summed E-state index contributed by atoms with van der Waals surface area (Å²) in [6, 6.07) is 0. The van der Waals surface area contributed by atoms with Crippen LogP contribution in [0.4, 0.5) is 0 Å². The molecule has 0 bridgehead atoms. The summed E-state index contributed by atoms with van der Waals surface area (Å²) in [6.07, 6.45) is 0.597. The first-order chi connectivity index (χ1) is 7.63. The lowest BCUT2D eigenvalue weighted by Gasteiger charge is -2.38. The molecule has 0 unspecified atom stereocenters. The van der Waals surface area contributed by atoms with Crippen LogP contribution >= 0.6 is 0 Å². The molecule has 1 aliphatic heterocycles. The summed E-state index contributed by atoms with van der Waals surface area (Å²) in [5, 5.41) is 1.62. The summed E-state index contributed by atoms with van der Waals surface area (Å²) in [5.74, 6) is -0.948. The van der Waals surface area contributed by atoms with Crippen molar-refractivity contribution in [3.63, 3.8) is 0 Å². The fourth-order valence-electron chi connectivity index (χ4n) is 2.64. The van der Waals surface area contributed by atoms with Gasteiger partial charge in [-0.1, -0.05) is 0 Å². The normalized spacial score (nSPS) is 26.6. The van der Waals surface area contributed by atoms with Gasteiger partial charge in [0.15, 0.2) is 0 Å². The molecule has 17 heavy (non-hydrogen) atoms. The number of esters is 1. The van der Waals surface area contributed by atoms with E-state index in [4.69, 9.17) is 9.57 Å². The van der Waals surface area contributed by atoms with E-state index in [1.807, 2.05) is 27.7 Å². The third-order valence-electron chi connectivity index (χ3n) is 3.34. The molecule has 0 saturated carbocycles. The van der Waals surface area contributed by atoms with Crippen molar-refractivity contribution in [2.45, 2.75) is 52.1 Å². The summed E-state index contributed by atoms with van der Waals surface area (Å²) in [5.41, 5.74) is -0.948. The zero-order chi connectivity index (χ0) is 13.4. The number of hydroxylamine groups is 2. The van der Waals surface area contributed by atoms with Gasteiger partial charge >= 0.3 is 11.9 Å². The van der Waals surface area contributed by atoms with E-state index in [9.17, 15) is 9.59 Å². The highest BCUT2D eigenvalue weighted by Gasteiger charge is 2.57. The van der Waals surface area contributed by atoms with Gasteiger partial charge in [-0.05, 0) is 34.1 Å². The fraction of sp³-hybridized carbons (Fsp3) is 0.833. The average molecular weight is 243 g/mol. The molecule has 0 aromatic heterocycles. The smallest absolute Gasteiger partial charge is 0.322 e. The van der Waals surface area contributed by atoms with Gasteiger partial charge in [0, 0.05) is 6.92 Å². The molecule has 0 aromatic rings. The average Bonchev–Trinajstić information content (AvgIpc) is 2.36. The SMILES string of the molecule is COC(=O)[C@@H]1CC(C)(C)N(OC(C)=O)C1(C)C. The van der Waals surface area contributed by atoms with Crippen LogP contribution in [0, 0.1) is 5.92 Å². The van der Waals surface area contributed by atoms with Gasteiger partial charge < -0.3 is 9.57 Å². The Morgan fingerprint density at radius 3 is 2.18 bits per heavy atom. The topological polar surface area (TPSA) is 55.8 Å². The van der Waals surface area contributed by atoms with E-state index in [2.05, 4.69) is 0 Å². The van der Waals surface area contributed by atoms with Crippen molar-refractivity contribution in [1.29, 1.82) is 0 Å². The van der Waals surface area contributed by atoms with Crippen LogP contribution in [0.15, 0.2) is 0 Å². The molecule has 1 heterocycles. The number of nitrogens with zero attached hydrogens (tertiary/aromatic N) is 1. The van der Waals surface area contributed by atoms with Crippen molar-refractivity contribution in [3.05, 3.63) is 0 Å². The highest BCUT2D eigenvalue weighted by molar-refractivity contribution is 5.75. The summed E-state index contributed by atoms with van der Waals surface area (Å²) in [4.78, 5) is 28.2. The minimum absolute atomic E-state index is 0.266. The molecule has 1 fully saturated rings. The Morgan fingerprint density at radius 1 is 1.24 bits per heavy atom. The molecule has 0 N–H and O–H groups in total. The van der Waals surface area contributed by atoms with Crippen LogP contribution in [0.3, 0.4) is 0 Å². The Morgan fingerprint density at radius 2 is 1.76 bits per heavy atom. The van der Waals surface area contributed by atoms with Crippen LogP contribution in [0.1, 0.15) is 41.0 Å². The van der Waals surface area contributed by atoms with Gasteiger partial charge in [0.05, 0.1) is 24.1 Å². The van der Waals surface area contributed by atoms with Gasteiger partial charge in [0.25, 0.3) is 0 Å². The van der Waals surface area contributed by atoms with E-state index in [1.54, 1.807) is 5.06 Å². The Bertz CT molecular complexity index is 335. The third kappa shape index (κ3) is 2.44. The van der Waals surface area contributed by atoms with E-state index >= 15 is 0 Å². The number of carbonyl (C=O) groups is 2. The van der Waals surface area contributed by atoms with Gasteiger partial charge in [-0.25, -0.2) is 0 Å². The molecule has 0 spiro atoms. The van der Waals surface area contributed by atoms with Crippen molar-refractivity contribution < 1.29 is 19.2 Å². The minimum atomic E-state index is -0.567. The molecule has 0 aromatic carbocycles. The summed E-state index contributed by atoms with van der Waals surface area (Å²) < 4.78 is 4.81. The van der Waals surface area contributed by atoms with E-state index in [0.29, 0.717) is 6.42 Å². The first-order valence-electron chi connectivity index (χ1n) is 5.69. The Labute approximate surface area is 102 Å². The van der Waals surface area contributed by atoms with Gasteiger partial charge in [0.1, 0.15) is 0 Å². The van der Waals surface area contributed by atoms with Crippen LogP contribution in [0.5, 0.6) is 0 Å². The number of ether oxygens (including phenoxy) is 1. The largest absolute Gasteiger partial charge is 0.469 e. The molecule has 0 aliphatic carbocycles. The molecule has 5 heteroatoms. The van der Waals surface area contributed by atoms with Gasteiger partial charge in [-0.3, -0.25) is 9.59 Å². The van der Waals surface area contributed by atoms with Crippen molar-refractivity contribution in [2.24, 2.45) is 5.92 Å². The number of methoxy groups -OCH3 is 1. The van der Waals surface area contributed by atoms with Crippen molar-refractivity contribution >= 4 is 11.9 Å². The lowest BCUT2D eigenvalue weighted by atomic mass is 9.87. The number of hydrogen-bond acceptors (Lipinski definition) is 5. The Hall–Kier alpha value is -1.10. The second kappa shape index (κ2) is 4.29. The van der Waals surface area contributed by atoms with Crippen LogP contribution in [-0.4, -0.2) is 35.2 Å². The Balaban J connectivity index is 3.04. The number of hydrogen-bond donors (Lipinski definition) is 0. The minimum Gasteiger partial charge on any atom is -0.469 e. The molecule has 5 nitrogen and oxygen atoms in total. The second-order valence-electron chi connectivity index (χ2n) is 5.62. The number of carbonyl (C=O) groups excluding carboxylic acids is 2. The lowest BCUT2D eigenvalue weighted by Crippen LogP contribution is -2.51. The lowest BCUT2D eigenvalue weighted by molar-refractivity contribution is -0.235. The van der Waals surface area contributed by atoms with Crippen LogP contribution in [0.25, 0.3) is 0 Å². The second-order valence-corrected chi connectivity index (χ2v) is 5.62. The standard InChI is InChI=1S/C12H21NO4/c1-8(14)17-13-11(2,3)7-9(10(15)16-6)12(13,4)5/h9H,7H2,1-6H3/t9-/m0/s1. The molecule has 1 rings (SSSR count). The maximum atomic E-state index is 11.8. The van der Waals surface area contributed by atoms with Gasteiger partial charge in [0.2, 0.25) is 0 Å². The van der Waals surface area contributed by atoms with Crippen LogP contribution in [-0.2, 0) is 19.2 Å². The summed E-state index contributed by atoms with van der Waals surface area (Å²) in [7, 11) is 1.37. The van der Waals surface area contributed by atoms with Crippen LogP contribution < -0.4 is 0 Å². The molecule has 0 amide bonds. The maximum absolute atomic E-state index is 11.8.